The van der Waals surface area contributed by atoms with E-state index in [1.54, 1.807) is 24.3 Å². The van der Waals surface area contributed by atoms with Crippen LogP contribution in [-0.2, 0) is 25.5 Å². The monoisotopic (exact) mass is 388 g/mol. The highest BCUT2D eigenvalue weighted by atomic mass is 16.5. The number of esters is 1. The smallest absolute Gasteiger partial charge is 0.308 e. The molecule has 1 saturated heterocycles. The number of nitrogens with two attached hydrogens (primary N) is 1. The average Bonchev–Trinajstić information content (AvgIpc) is 2.59. The molecule has 1 fully saturated rings. The van der Waals surface area contributed by atoms with Crippen LogP contribution in [0, 0.1) is 11.3 Å². The van der Waals surface area contributed by atoms with Crippen molar-refractivity contribution in [3.63, 3.8) is 0 Å². The Balaban J connectivity index is 1.80. The summed E-state index contributed by atoms with van der Waals surface area (Å²) >= 11 is 0. The Morgan fingerprint density at radius 2 is 1.93 bits per heavy atom. The molecule has 5 N–H and O–H groups in total. The minimum absolute atomic E-state index is 0.0230. The highest BCUT2D eigenvalue weighted by Crippen LogP contribution is 2.15. The largest absolute Gasteiger partial charge is 0.460 e. The molecule has 2 amide bonds. The Morgan fingerprint density at radius 3 is 2.54 bits per heavy atom. The van der Waals surface area contributed by atoms with Gasteiger partial charge in [0.25, 0.3) is 0 Å². The number of carbonyl (C=O) groups excluding carboxylic acids is 3. The van der Waals surface area contributed by atoms with E-state index < -0.39 is 6.10 Å². The Labute approximate surface area is 164 Å². The summed E-state index contributed by atoms with van der Waals surface area (Å²) in [5.74, 6) is -0.426. The molecule has 0 spiro atoms. The number of rotatable bonds is 8. The van der Waals surface area contributed by atoms with Gasteiger partial charge in [0.15, 0.2) is 0 Å². The van der Waals surface area contributed by atoms with E-state index in [9.17, 15) is 14.4 Å². The molecule has 1 aliphatic heterocycles. The molecule has 8 nitrogen and oxygen atoms in total. The quantitative estimate of drug-likeness (QED) is 0.298. The highest BCUT2D eigenvalue weighted by Gasteiger charge is 2.29. The summed E-state index contributed by atoms with van der Waals surface area (Å²) in [5, 5.41) is 13.0. The molecule has 152 valence electrons. The summed E-state index contributed by atoms with van der Waals surface area (Å²) in [6.07, 6.45) is 0.748. The fourth-order valence-electron chi connectivity index (χ4n) is 3.05. The van der Waals surface area contributed by atoms with E-state index >= 15 is 0 Å². The molecule has 0 unspecified atom stereocenters. The fraction of sp³-hybridized carbons (Fsp3) is 0.500. The maximum atomic E-state index is 12.1. The zero-order valence-corrected chi connectivity index (χ0v) is 16.3. The lowest BCUT2D eigenvalue weighted by Crippen LogP contribution is -2.47. The Morgan fingerprint density at radius 1 is 1.25 bits per heavy atom. The van der Waals surface area contributed by atoms with Crippen LogP contribution in [0.5, 0.6) is 0 Å². The number of amidine groups is 1. The minimum Gasteiger partial charge on any atom is -0.460 e. The first-order chi connectivity index (χ1) is 13.2. The van der Waals surface area contributed by atoms with E-state index in [4.69, 9.17) is 15.9 Å². The van der Waals surface area contributed by atoms with Gasteiger partial charge in [0.05, 0.1) is 19.4 Å². The molecule has 1 aromatic rings. The standard InChI is InChI=1S/C20H28N4O4/c1-12(2)7-18(26)24-15-9-16(28-19(27)10-15)11-23-17(25)8-13-3-5-14(6-4-13)20(21)22/h3-6,12,15-16H,7-11H2,1-2H3,(H3,21,22)(H,23,25)(H,24,26)/t15-,16-/m0/s1. The lowest BCUT2D eigenvalue weighted by molar-refractivity contribution is -0.155. The summed E-state index contributed by atoms with van der Waals surface area (Å²) < 4.78 is 5.28. The molecule has 1 aromatic carbocycles. The van der Waals surface area contributed by atoms with E-state index in [1.807, 2.05) is 13.8 Å². The van der Waals surface area contributed by atoms with Gasteiger partial charge in [0.1, 0.15) is 11.9 Å². The van der Waals surface area contributed by atoms with Crippen LogP contribution < -0.4 is 16.4 Å². The summed E-state index contributed by atoms with van der Waals surface area (Å²) in [7, 11) is 0. The van der Waals surface area contributed by atoms with Gasteiger partial charge in [-0.3, -0.25) is 19.8 Å². The normalized spacial score (nSPS) is 19.0. The molecule has 2 rings (SSSR count). The second-order valence-corrected chi connectivity index (χ2v) is 7.51. The van der Waals surface area contributed by atoms with E-state index in [-0.39, 0.29) is 55.0 Å². The number of carbonyl (C=O) groups is 3. The van der Waals surface area contributed by atoms with Gasteiger partial charge in [0, 0.05) is 24.4 Å². The van der Waals surface area contributed by atoms with Crippen molar-refractivity contribution in [1.82, 2.24) is 10.6 Å². The summed E-state index contributed by atoms with van der Waals surface area (Å²) in [6, 6.07) is 6.61. The number of ether oxygens (including phenoxy) is 1. The molecule has 1 aliphatic rings. The summed E-state index contributed by atoms with van der Waals surface area (Å²) in [4.78, 5) is 35.9. The molecule has 8 heteroatoms. The first-order valence-corrected chi connectivity index (χ1v) is 9.41. The fourth-order valence-corrected chi connectivity index (χ4v) is 3.05. The van der Waals surface area contributed by atoms with Crippen molar-refractivity contribution in [2.24, 2.45) is 11.7 Å². The third-order valence-electron chi connectivity index (χ3n) is 4.37. The summed E-state index contributed by atoms with van der Waals surface area (Å²) in [5.41, 5.74) is 6.80. The maximum Gasteiger partial charge on any atom is 0.308 e. The van der Waals surface area contributed by atoms with E-state index in [1.165, 1.54) is 0 Å². The van der Waals surface area contributed by atoms with Gasteiger partial charge in [-0.1, -0.05) is 38.1 Å². The maximum absolute atomic E-state index is 12.1. The Kier molecular flexibility index (Phi) is 7.54. The third kappa shape index (κ3) is 7.02. The van der Waals surface area contributed by atoms with Gasteiger partial charge < -0.3 is 21.1 Å². The predicted octanol–water partition coefficient (Wildman–Crippen LogP) is 0.866. The molecule has 0 bridgehead atoms. The minimum atomic E-state index is -0.463. The van der Waals surface area contributed by atoms with Gasteiger partial charge in [-0.05, 0) is 11.5 Å². The lowest BCUT2D eigenvalue weighted by Gasteiger charge is -2.29. The van der Waals surface area contributed by atoms with Crippen molar-refractivity contribution in [2.75, 3.05) is 6.54 Å². The first kappa shape index (κ1) is 21.4. The van der Waals surface area contributed by atoms with E-state index in [0.717, 1.165) is 5.56 Å². The van der Waals surface area contributed by atoms with Gasteiger partial charge in [0.2, 0.25) is 11.8 Å². The number of benzene rings is 1. The average molecular weight is 388 g/mol. The number of cyclic esters (lactones) is 1. The van der Waals surface area contributed by atoms with Crippen LogP contribution in [0.3, 0.4) is 0 Å². The van der Waals surface area contributed by atoms with Crippen LogP contribution in [0.15, 0.2) is 24.3 Å². The SMILES string of the molecule is CC(C)CC(=O)N[C@@H]1CC(=O)O[C@H](CNC(=O)Cc2ccc(C(=N)N)cc2)C1. The molecule has 0 radical (unpaired) electrons. The molecule has 0 aliphatic carbocycles. The molecule has 28 heavy (non-hydrogen) atoms. The number of hydrogen-bond acceptors (Lipinski definition) is 5. The molecular formula is C20H28N4O4. The van der Waals surface area contributed by atoms with Crippen LogP contribution in [0.1, 0.15) is 44.2 Å². The Hall–Kier alpha value is -2.90. The van der Waals surface area contributed by atoms with Crippen LogP contribution >= 0.6 is 0 Å². The van der Waals surface area contributed by atoms with Gasteiger partial charge in [-0.25, -0.2) is 0 Å². The van der Waals surface area contributed by atoms with Crippen LogP contribution in [0.2, 0.25) is 0 Å². The topological polar surface area (TPSA) is 134 Å². The first-order valence-electron chi connectivity index (χ1n) is 9.41. The van der Waals surface area contributed by atoms with Crippen molar-refractivity contribution < 1.29 is 19.1 Å². The van der Waals surface area contributed by atoms with Gasteiger partial charge >= 0.3 is 5.97 Å². The second-order valence-electron chi connectivity index (χ2n) is 7.51. The predicted molar refractivity (Wildman–Crippen MR) is 105 cm³/mol. The molecule has 1 heterocycles. The molecule has 2 atom stereocenters. The van der Waals surface area contributed by atoms with Crippen molar-refractivity contribution in [1.29, 1.82) is 5.41 Å². The van der Waals surface area contributed by atoms with E-state index in [2.05, 4.69) is 10.6 Å². The lowest BCUT2D eigenvalue weighted by atomic mass is 10.0. The van der Waals surface area contributed by atoms with Crippen molar-refractivity contribution >= 4 is 23.6 Å². The van der Waals surface area contributed by atoms with E-state index in [0.29, 0.717) is 18.4 Å². The van der Waals surface area contributed by atoms with Gasteiger partial charge in [-0.15, -0.1) is 0 Å². The number of nitrogens with one attached hydrogen (secondary N) is 3. The highest BCUT2D eigenvalue weighted by molar-refractivity contribution is 5.95. The Bertz CT molecular complexity index is 730. The number of hydrogen-bond donors (Lipinski definition) is 4. The molecule has 0 saturated carbocycles. The van der Waals surface area contributed by atoms with Crippen LogP contribution in [0.25, 0.3) is 0 Å². The molecule has 0 aromatic heterocycles. The number of nitrogen functional groups attached to an aromatic ring is 1. The third-order valence-corrected chi connectivity index (χ3v) is 4.37. The molecular weight excluding hydrogens is 360 g/mol. The number of amides is 2. The zero-order valence-electron chi connectivity index (χ0n) is 16.3. The second kappa shape index (κ2) is 9.87. The van der Waals surface area contributed by atoms with Crippen molar-refractivity contribution in [2.45, 2.75) is 51.7 Å². The van der Waals surface area contributed by atoms with Gasteiger partial charge in [-0.2, -0.15) is 0 Å². The van der Waals surface area contributed by atoms with Crippen LogP contribution in [0.4, 0.5) is 0 Å². The van der Waals surface area contributed by atoms with Crippen molar-refractivity contribution in [3.8, 4) is 0 Å². The van der Waals surface area contributed by atoms with Crippen LogP contribution in [-0.4, -0.2) is 42.3 Å². The zero-order chi connectivity index (χ0) is 20.7. The summed E-state index contributed by atoms with van der Waals surface area (Å²) in [6.45, 7) is 4.12. The van der Waals surface area contributed by atoms with Crippen molar-refractivity contribution in [3.05, 3.63) is 35.4 Å².